The number of hydrogen-bond acceptors (Lipinski definition) is 4. The fourth-order valence-corrected chi connectivity index (χ4v) is 1.74. The van der Waals surface area contributed by atoms with Gasteiger partial charge in [-0.25, -0.2) is 0 Å². The summed E-state index contributed by atoms with van der Waals surface area (Å²) in [5, 5.41) is 22.4. The summed E-state index contributed by atoms with van der Waals surface area (Å²) in [4.78, 5) is 0. The molecule has 76 valence electrons. The standard InChI is InChI=1S/C10H13NO3/c1-14-9-3-2-6-7(10(9)13)4-11-5-8(6)12/h2-3,8,11-13H,4-5H2,1H3/t8-/m0/s1. The lowest BCUT2D eigenvalue weighted by Crippen LogP contribution is -2.28. The quantitative estimate of drug-likeness (QED) is 0.612. The predicted octanol–water partition coefficient (Wildman–Crippen LogP) is 0.537. The molecule has 0 aromatic heterocycles. The van der Waals surface area contributed by atoms with E-state index in [4.69, 9.17) is 4.74 Å². The van der Waals surface area contributed by atoms with Crippen LogP contribution in [0.4, 0.5) is 0 Å². The zero-order chi connectivity index (χ0) is 10.1. The van der Waals surface area contributed by atoms with E-state index in [9.17, 15) is 10.2 Å². The Morgan fingerprint density at radius 2 is 2.29 bits per heavy atom. The molecule has 4 nitrogen and oxygen atoms in total. The van der Waals surface area contributed by atoms with Crippen molar-refractivity contribution < 1.29 is 14.9 Å². The molecule has 0 amide bonds. The second-order valence-corrected chi connectivity index (χ2v) is 3.33. The fraction of sp³-hybridized carbons (Fsp3) is 0.400. The summed E-state index contributed by atoms with van der Waals surface area (Å²) in [7, 11) is 1.51. The molecule has 1 aliphatic heterocycles. The molecule has 0 saturated carbocycles. The van der Waals surface area contributed by atoms with Gasteiger partial charge in [0, 0.05) is 18.7 Å². The van der Waals surface area contributed by atoms with E-state index in [-0.39, 0.29) is 5.75 Å². The number of benzene rings is 1. The van der Waals surface area contributed by atoms with E-state index in [0.717, 1.165) is 11.1 Å². The Balaban J connectivity index is 2.52. The average Bonchev–Trinajstić information content (AvgIpc) is 2.20. The number of nitrogens with one attached hydrogen (secondary N) is 1. The van der Waals surface area contributed by atoms with Crippen LogP contribution in [0.15, 0.2) is 12.1 Å². The Kier molecular flexibility index (Phi) is 2.31. The minimum absolute atomic E-state index is 0.122. The zero-order valence-corrected chi connectivity index (χ0v) is 7.95. The van der Waals surface area contributed by atoms with Crippen molar-refractivity contribution in [3.8, 4) is 11.5 Å². The maximum Gasteiger partial charge on any atom is 0.162 e. The van der Waals surface area contributed by atoms with Crippen molar-refractivity contribution in [2.24, 2.45) is 0 Å². The van der Waals surface area contributed by atoms with E-state index >= 15 is 0 Å². The lowest BCUT2D eigenvalue weighted by atomic mass is 9.97. The molecule has 2 rings (SSSR count). The van der Waals surface area contributed by atoms with E-state index in [2.05, 4.69) is 5.32 Å². The van der Waals surface area contributed by atoms with Crippen LogP contribution in [0.25, 0.3) is 0 Å². The second-order valence-electron chi connectivity index (χ2n) is 3.33. The van der Waals surface area contributed by atoms with Crippen LogP contribution in [0, 0.1) is 0 Å². The van der Waals surface area contributed by atoms with Gasteiger partial charge in [0.15, 0.2) is 11.5 Å². The molecular weight excluding hydrogens is 182 g/mol. The molecule has 1 heterocycles. The highest BCUT2D eigenvalue weighted by molar-refractivity contribution is 5.51. The molecule has 3 N–H and O–H groups in total. The molecule has 0 bridgehead atoms. The molecule has 1 aromatic carbocycles. The van der Waals surface area contributed by atoms with Gasteiger partial charge in [-0.2, -0.15) is 0 Å². The fourth-order valence-electron chi connectivity index (χ4n) is 1.74. The molecule has 1 aliphatic rings. The van der Waals surface area contributed by atoms with Crippen LogP contribution in [0.2, 0.25) is 0 Å². The first kappa shape index (κ1) is 9.30. The smallest absolute Gasteiger partial charge is 0.162 e. The van der Waals surface area contributed by atoms with E-state index < -0.39 is 6.10 Å². The molecule has 1 atom stereocenters. The van der Waals surface area contributed by atoms with Crippen LogP contribution in [-0.4, -0.2) is 23.9 Å². The van der Waals surface area contributed by atoms with Gasteiger partial charge in [-0.15, -0.1) is 0 Å². The van der Waals surface area contributed by atoms with Crippen molar-refractivity contribution in [2.45, 2.75) is 12.6 Å². The topological polar surface area (TPSA) is 61.7 Å². The summed E-state index contributed by atoms with van der Waals surface area (Å²) >= 11 is 0. The summed E-state index contributed by atoms with van der Waals surface area (Å²) in [5.74, 6) is 0.566. The molecule has 0 aliphatic carbocycles. The number of phenolic OH excluding ortho intramolecular Hbond substituents is 1. The summed E-state index contributed by atoms with van der Waals surface area (Å²) in [6, 6.07) is 3.46. The van der Waals surface area contributed by atoms with Crippen LogP contribution in [0.5, 0.6) is 11.5 Å². The van der Waals surface area contributed by atoms with Gasteiger partial charge in [0.2, 0.25) is 0 Å². The average molecular weight is 195 g/mol. The summed E-state index contributed by atoms with van der Waals surface area (Å²) in [5.41, 5.74) is 1.50. The van der Waals surface area contributed by atoms with Gasteiger partial charge < -0.3 is 20.3 Å². The molecular formula is C10H13NO3. The Labute approximate surface area is 82.1 Å². The minimum Gasteiger partial charge on any atom is -0.504 e. The summed E-state index contributed by atoms with van der Waals surface area (Å²) in [6.45, 7) is 1.09. The minimum atomic E-state index is -0.546. The third-order valence-corrected chi connectivity index (χ3v) is 2.50. The molecule has 1 aromatic rings. The van der Waals surface area contributed by atoms with Gasteiger partial charge in [-0.1, -0.05) is 6.07 Å². The number of aliphatic hydroxyl groups excluding tert-OH is 1. The second kappa shape index (κ2) is 3.48. The monoisotopic (exact) mass is 195 g/mol. The van der Waals surface area contributed by atoms with Crippen LogP contribution < -0.4 is 10.1 Å². The van der Waals surface area contributed by atoms with Crippen molar-refractivity contribution >= 4 is 0 Å². The van der Waals surface area contributed by atoms with E-state index in [1.54, 1.807) is 12.1 Å². The highest BCUT2D eigenvalue weighted by atomic mass is 16.5. The molecule has 4 heteroatoms. The molecule has 0 fully saturated rings. The molecule has 14 heavy (non-hydrogen) atoms. The Bertz CT molecular complexity index is 351. The number of aliphatic hydroxyl groups is 1. The van der Waals surface area contributed by atoms with Crippen LogP contribution in [0.3, 0.4) is 0 Å². The first-order valence-corrected chi connectivity index (χ1v) is 4.51. The van der Waals surface area contributed by atoms with Gasteiger partial charge in [0.1, 0.15) is 0 Å². The Morgan fingerprint density at radius 1 is 1.50 bits per heavy atom. The number of methoxy groups -OCH3 is 1. The molecule has 0 unspecified atom stereocenters. The SMILES string of the molecule is COc1ccc2c(c1O)CNC[C@@H]2O. The Morgan fingerprint density at radius 3 is 3.00 bits per heavy atom. The number of fused-ring (bicyclic) bond motifs is 1. The van der Waals surface area contributed by atoms with Gasteiger partial charge in [-0.3, -0.25) is 0 Å². The lowest BCUT2D eigenvalue weighted by Gasteiger charge is -2.23. The van der Waals surface area contributed by atoms with Gasteiger partial charge in [-0.05, 0) is 11.6 Å². The highest BCUT2D eigenvalue weighted by Crippen LogP contribution is 2.36. The van der Waals surface area contributed by atoms with Crippen molar-refractivity contribution in [1.29, 1.82) is 0 Å². The van der Waals surface area contributed by atoms with Crippen molar-refractivity contribution in [3.05, 3.63) is 23.3 Å². The van der Waals surface area contributed by atoms with Crippen LogP contribution in [-0.2, 0) is 6.54 Å². The summed E-state index contributed by atoms with van der Waals surface area (Å²) < 4.78 is 4.99. The van der Waals surface area contributed by atoms with E-state index in [0.29, 0.717) is 18.8 Å². The maximum atomic E-state index is 9.78. The third-order valence-electron chi connectivity index (χ3n) is 2.50. The largest absolute Gasteiger partial charge is 0.504 e. The molecule has 0 spiro atoms. The van der Waals surface area contributed by atoms with Crippen molar-refractivity contribution in [3.63, 3.8) is 0 Å². The number of aromatic hydroxyl groups is 1. The molecule has 0 saturated heterocycles. The maximum absolute atomic E-state index is 9.78. The zero-order valence-electron chi connectivity index (χ0n) is 7.95. The summed E-state index contributed by atoms with van der Waals surface area (Å²) in [6.07, 6.45) is -0.546. The normalized spacial score (nSPS) is 20.3. The van der Waals surface area contributed by atoms with Crippen molar-refractivity contribution in [2.75, 3.05) is 13.7 Å². The number of phenols is 1. The lowest BCUT2D eigenvalue weighted by molar-refractivity contribution is 0.163. The first-order chi connectivity index (χ1) is 6.74. The Hall–Kier alpha value is -1.26. The predicted molar refractivity (Wildman–Crippen MR) is 51.3 cm³/mol. The van der Waals surface area contributed by atoms with Crippen molar-refractivity contribution in [1.82, 2.24) is 5.32 Å². The van der Waals surface area contributed by atoms with Crippen LogP contribution in [0.1, 0.15) is 17.2 Å². The van der Waals surface area contributed by atoms with Crippen LogP contribution >= 0.6 is 0 Å². The van der Waals surface area contributed by atoms with Gasteiger partial charge in [0.05, 0.1) is 13.2 Å². The number of ether oxygens (including phenoxy) is 1. The van der Waals surface area contributed by atoms with E-state index in [1.807, 2.05) is 0 Å². The molecule has 0 radical (unpaired) electrons. The van der Waals surface area contributed by atoms with Gasteiger partial charge in [0.25, 0.3) is 0 Å². The number of rotatable bonds is 1. The first-order valence-electron chi connectivity index (χ1n) is 4.51. The van der Waals surface area contributed by atoms with Gasteiger partial charge >= 0.3 is 0 Å². The number of β-amino-alcohol motifs (C(OH)–C–C–N with tert-alkyl or cyclic N) is 1. The highest BCUT2D eigenvalue weighted by Gasteiger charge is 2.21. The van der Waals surface area contributed by atoms with E-state index in [1.165, 1.54) is 7.11 Å². The third kappa shape index (κ3) is 1.32. The number of hydrogen-bond donors (Lipinski definition) is 3.